The zero-order valence-corrected chi connectivity index (χ0v) is 13.1. The van der Waals surface area contributed by atoms with Gasteiger partial charge in [0.1, 0.15) is 5.69 Å². The Balaban J connectivity index is 1.65. The van der Waals surface area contributed by atoms with Crippen LogP contribution in [0.1, 0.15) is 23.0 Å². The molecule has 3 aromatic rings. The Hall–Kier alpha value is -3.15. The first kappa shape index (κ1) is 15.7. The molecular weight excluding hydrogens is 308 g/mol. The third kappa shape index (κ3) is 3.43. The standard InChI is InChI=1S/C18H16N2O4/c1-2-23-18(22)12-7-9-13(10-8-12)19-17(21)11-15-14-5-3-4-6-16(14)24-20-15/h3-10H,2,11H2,1H3,(H,19,21). The van der Waals surface area contributed by atoms with E-state index in [-0.39, 0.29) is 18.3 Å². The van der Waals surface area contributed by atoms with Crippen LogP contribution in [0.3, 0.4) is 0 Å². The van der Waals surface area contributed by atoms with Gasteiger partial charge in [0.05, 0.1) is 18.6 Å². The van der Waals surface area contributed by atoms with Gasteiger partial charge in [-0.2, -0.15) is 0 Å². The number of anilines is 1. The first-order valence-corrected chi connectivity index (χ1v) is 7.57. The van der Waals surface area contributed by atoms with E-state index in [0.29, 0.717) is 29.1 Å². The number of amides is 1. The van der Waals surface area contributed by atoms with E-state index < -0.39 is 0 Å². The molecule has 0 saturated heterocycles. The number of carbonyl (C=O) groups is 2. The molecule has 0 unspecified atom stereocenters. The predicted molar refractivity (Wildman–Crippen MR) is 88.7 cm³/mol. The van der Waals surface area contributed by atoms with Crippen molar-refractivity contribution in [3.8, 4) is 0 Å². The molecule has 1 aromatic heterocycles. The van der Waals surface area contributed by atoms with Gasteiger partial charge in [-0.1, -0.05) is 17.3 Å². The minimum absolute atomic E-state index is 0.108. The van der Waals surface area contributed by atoms with Gasteiger partial charge in [0.2, 0.25) is 5.91 Å². The monoisotopic (exact) mass is 324 g/mol. The Bertz CT molecular complexity index is 868. The van der Waals surface area contributed by atoms with Crippen LogP contribution in [-0.2, 0) is 16.0 Å². The summed E-state index contributed by atoms with van der Waals surface area (Å²) in [6.07, 6.45) is 0.108. The molecular formula is C18H16N2O4. The minimum Gasteiger partial charge on any atom is -0.462 e. The zero-order valence-electron chi connectivity index (χ0n) is 13.1. The van der Waals surface area contributed by atoms with Crippen LogP contribution in [-0.4, -0.2) is 23.6 Å². The van der Waals surface area contributed by atoms with Crippen LogP contribution in [0.5, 0.6) is 0 Å². The van der Waals surface area contributed by atoms with Crippen LogP contribution in [0.15, 0.2) is 53.1 Å². The molecule has 0 saturated carbocycles. The van der Waals surface area contributed by atoms with E-state index in [2.05, 4.69) is 10.5 Å². The molecule has 1 heterocycles. The van der Waals surface area contributed by atoms with E-state index in [1.165, 1.54) is 0 Å². The Morgan fingerprint density at radius 2 is 1.88 bits per heavy atom. The second-order valence-corrected chi connectivity index (χ2v) is 5.15. The summed E-state index contributed by atoms with van der Waals surface area (Å²) in [5.74, 6) is -0.595. The number of rotatable bonds is 5. The number of hydrogen-bond acceptors (Lipinski definition) is 5. The normalized spacial score (nSPS) is 10.5. The average molecular weight is 324 g/mol. The fourth-order valence-electron chi connectivity index (χ4n) is 2.33. The maximum atomic E-state index is 12.2. The Labute approximate surface area is 138 Å². The van der Waals surface area contributed by atoms with E-state index in [1.807, 2.05) is 18.2 Å². The Morgan fingerprint density at radius 3 is 2.62 bits per heavy atom. The highest BCUT2D eigenvalue weighted by Crippen LogP contribution is 2.19. The van der Waals surface area contributed by atoms with E-state index in [4.69, 9.17) is 9.26 Å². The average Bonchev–Trinajstić information content (AvgIpc) is 2.99. The maximum Gasteiger partial charge on any atom is 0.338 e. The molecule has 3 rings (SSSR count). The van der Waals surface area contributed by atoms with Crippen molar-refractivity contribution in [1.29, 1.82) is 0 Å². The minimum atomic E-state index is -0.385. The highest BCUT2D eigenvalue weighted by molar-refractivity contribution is 5.95. The summed E-state index contributed by atoms with van der Waals surface area (Å²) in [7, 11) is 0. The number of nitrogens with one attached hydrogen (secondary N) is 1. The molecule has 0 aliphatic rings. The number of benzene rings is 2. The van der Waals surface area contributed by atoms with E-state index in [9.17, 15) is 9.59 Å². The maximum absolute atomic E-state index is 12.2. The lowest BCUT2D eigenvalue weighted by Crippen LogP contribution is -2.15. The number of ether oxygens (including phenoxy) is 1. The number of esters is 1. The topological polar surface area (TPSA) is 81.4 Å². The van der Waals surface area contributed by atoms with Crippen LogP contribution < -0.4 is 5.32 Å². The number of fused-ring (bicyclic) bond motifs is 1. The highest BCUT2D eigenvalue weighted by atomic mass is 16.5. The van der Waals surface area contributed by atoms with Gasteiger partial charge >= 0.3 is 5.97 Å². The van der Waals surface area contributed by atoms with Crippen molar-refractivity contribution in [3.05, 3.63) is 59.8 Å². The molecule has 2 aromatic carbocycles. The zero-order chi connectivity index (χ0) is 16.9. The van der Waals surface area contributed by atoms with E-state index in [1.54, 1.807) is 37.3 Å². The molecule has 1 N–H and O–H groups in total. The first-order valence-electron chi connectivity index (χ1n) is 7.57. The lowest BCUT2D eigenvalue weighted by molar-refractivity contribution is -0.115. The largest absolute Gasteiger partial charge is 0.462 e. The molecule has 0 aliphatic carbocycles. The molecule has 6 nitrogen and oxygen atoms in total. The molecule has 0 radical (unpaired) electrons. The van der Waals surface area contributed by atoms with Gasteiger partial charge in [-0.25, -0.2) is 4.79 Å². The van der Waals surface area contributed by atoms with Crippen LogP contribution >= 0.6 is 0 Å². The number of hydrogen-bond donors (Lipinski definition) is 1. The predicted octanol–water partition coefficient (Wildman–Crippen LogP) is 3.19. The van der Waals surface area contributed by atoms with Crippen LogP contribution in [0.4, 0.5) is 5.69 Å². The Morgan fingerprint density at radius 1 is 1.12 bits per heavy atom. The third-order valence-electron chi connectivity index (χ3n) is 3.46. The number of nitrogens with zero attached hydrogens (tertiary/aromatic N) is 1. The van der Waals surface area contributed by atoms with Crippen LogP contribution in [0.2, 0.25) is 0 Å². The highest BCUT2D eigenvalue weighted by Gasteiger charge is 2.12. The van der Waals surface area contributed by atoms with Crippen molar-refractivity contribution in [3.63, 3.8) is 0 Å². The van der Waals surface area contributed by atoms with Crippen molar-refractivity contribution in [1.82, 2.24) is 5.16 Å². The molecule has 6 heteroatoms. The summed E-state index contributed by atoms with van der Waals surface area (Å²) in [6.45, 7) is 2.07. The van der Waals surface area contributed by atoms with Crippen molar-refractivity contribution >= 4 is 28.5 Å². The number of para-hydroxylation sites is 1. The van der Waals surface area contributed by atoms with Gasteiger partial charge in [0.15, 0.2) is 5.58 Å². The molecule has 0 spiro atoms. The van der Waals surface area contributed by atoms with Gasteiger partial charge in [0.25, 0.3) is 0 Å². The summed E-state index contributed by atoms with van der Waals surface area (Å²) in [5.41, 5.74) is 2.28. The molecule has 24 heavy (non-hydrogen) atoms. The van der Waals surface area contributed by atoms with Crippen molar-refractivity contribution in [2.24, 2.45) is 0 Å². The van der Waals surface area contributed by atoms with Crippen molar-refractivity contribution in [2.75, 3.05) is 11.9 Å². The molecule has 0 bridgehead atoms. The van der Waals surface area contributed by atoms with Crippen molar-refractivity contribution in [2.45, 2.75) is 13.3 Å². The molecule has 0 fully saturated rings. The summed E-state index contributed by atoms with van der Waals surface area (Å²) >= 11 is 0. The van der Waals surface area contributed by atoms with Gasteiger partial charge in [-0.15, -0.1) is 0 Å². The quantitative estimate of drug-likeness (QED) is 0.729. The second kappa shape index (κ2) is 6.95. The number of aromatic nitrogens is 1. The van der Waals surface area contributed by atoms with E-state index in [0.717, 1.165) is 5.39 Å². The fourth-order valence-corrected chi connectivity index (χ4v) is 2.33. The third-order valence-corrected chi connectivity index (χ3v) is 3.46. The van der Waals surface area contributed by atoms with Crippen LogP contribution in [0, 0.1) is 0 Å². The first-order chi connectivity index (χ1) is 11.7. The lowest BCUT2D eigenvalue weighted by Gasteiger charge is -2.06. The van der Waals surface area contributed by atoms with Crippen molar-refractivity contribution < 1.29 is 18.8 Å². The summed E-state index contributed by atoms with van der Waals surface area (Å²) < 4.78 is 10.1. The lowest BCUT2D eigenvalue weighted by atomic mass is 10.1. The SMILES string of the molecule is CCOC(=O)c1ccc(NC(=O)Cc2noc3ccccc23)cc1. The van der Waals surface area contributed by atoms with Gasteiger partial charge in [-0.05, 0) is 43.3 Å². The number of carbonyl (C=O) groups excluding carboxylic acids is 2. The summed E-state index contributed by atoms with van der Waals surface area (Å²) in [5, 5.41) is 7.53. The van der Waals surface area contributed by atoms with Gasteiger partial charge < -0.3 is 14.6 Å². The Kier molecular flexibility index (Phi) is 4.56. The molecule has 0 aliphatic heterocycles. The molecule has 0 atom stereocenters. The van der Waals surface area contributed by atoms with Gasteiger partial charge in [-0.3, -0.25) is 4.79 Å². The molecule has 122 valence electrons. The van der Waals surface area contributed by atoms with Gasteiger partial charge in [0, 0.05) is 11.1 Å². The smallest absolute Gasteiger partial charge is 0.338 e. The molecule has 1 amide bonds. The van der Waals surface area contributed by atoms with Crippen LogP contribution in [0.25, 0.3) is 11.0 Å². The fraction of sp³-hybridized carbons (Fsp3) is 0.167. The van der Waals surface area contributed by atoms with E-state index >= 15 is 0 Å². The second-order valence-electron chi connectivity index (χ2n) is 5.15. The summed E-state index contributed by atoms with van der Waals surface area (Å²) in [4.78, 5) is 23.7. The summed E-state index contributed by atoms with van der Waals surface area (Å²) in [6, 6.07) is 13.9.